The highest BCUT2D eigenvalue weighted by molar-refractivity contribution is 7.99. The van der Waals surface area contributed by atoms with Crippen molar-refractivity contribution < 1.29 is 34.1 Å². The molecule has 262 valence electrons. The summed E-state index contributed by atoms with van der Waals surface area (Å²) in [4.78, 5) is 36.0. The van der Waals surface area contributed by atoms with Gasteiger partial charge in [-0.2, -0.15) is 0 Å². The number of ether oxygens (including phenoxy) is 2. The first-order valence-electron chi connectivity index (χ1n) is 17.0. The van der Waals surface area contributed by atoms with Gasteiger partial charge in [0.1, 0.15) is 0 Å². The fraction of sp³-hybridized carbons (Fsp3) is 0.325. The summed E-state index contributed by atoms with van der Waals surface area (Å²) in [6.45, 7) is 2.51. The fourth-order valence-electron chi connectivity index (χ4n) is 5.88. The number of carbonyl (C=O) groups is 3. The molecule has 0 unspecified atom stereocenters. The molecule has 1 aliphatic rings. The first-order valence-corrected chi connectivity index (χ1v) is 17.9. The number of hydrogen-bond donors (Lipinski definition) is 4. The van der Waals surface area contributed by atoms with Crippen LogP contribution in [-0.2, 0) is 32.2 Å². The number of aliphatic hydroxyl groups is 1. The molecule has 1 heterocycles. The van der Waals surface area contributed by atoms with Crippen molar-refractivity contribution in [3.8, 4) is 11.1 Å². The number of carbonyl (C=O) groups excluding carboxylic acids is 2. The number of amides is 2. The number of aliphatic hydroxyl groups excluding tert-OH is 1. The molecule has 1 aliphatic heterocycles. The van der Waals surface area contributed by atoms with E-state index in [9.17, 15) is 24.6 Å². The Morgan fingerprint density at radius 1 is 0.820 bits per heavy atom. The van der Waals surface area contributed by atoms with Crippen LogP contribution < -0.4 is 10.6 Å². The van der Waals surface area contributed by atoms with E-state index >= 15 is 0 Å². The summed E-state index contributed by atoms with van der Waals surface area (Å²) in [5.74, 6) is -0.454. The number of nitrogens with one attached hydrogen (secondary N) is 2. The second-order valence-corrected chi connectivity index (χ2v) is 13.4. The van der Waals surface area contributed by atoms with E-state index in [2.05, 4.69) is 10.6 Å². The minimum absolute atomic E-state index is 0.000921. The molecule has 5 rings (SSSR count). The number of aromatic carboxylic acids is 1. The van der Waals surface area contributed by atoms with E-state index in [0.717, 1.165) is 52.6 Å². The zero-order valence-corrected chi connectivity index (χ0v) is 29.0. The average Bonchev–Trinajstić information content (AvgIpc) is 3.14. The summed E-state index contributed by atoms with van der Waals surface area (Å²) < 4.78 is 13.0. The third-order valence-electron chi connectivity index (χ3n) is 8.60. The molecule has 0 saturated carbocycles. The van der Waals surface area contributed by atoms with E-state index in [1.165, 1.54) is 18.7 Å². The van der Waals surface area contributed by atoms with Gasteiger partial charge in [-0.1, -0.05) is 91.3 Å². The van der Waals surface area contributed by atoms with Crippen molar-refractivity contribution in [3.63, 3.8) is 0 Å². The van der Waals surface area contributed by atoms with Gasteiger partial charge in [0.05, 0.1) is 24.4 Å². The van der Waals surface area contributed by atoms with Crippen LogP contribution in [0.1, 0.15) is 84.0 Å². The van der Waals surface area contributed by atoms with Crippen molar-refractivity contribution in [3.05, 3.63) is 125 Å². The van der Waals surface area contributed by atoms with E-state index in [1.807, 2.05) is 84.9 Å². The smallest absolute Gasteiger partial charge is 0.336 e. The molecule has 4 N–H and O–H groups in total. The maximum Gasteiger partial charge on any atom is 0.336 e. The molecular weight excluding hydrogens is 653 g/mol. The minimum atomic E-state index is -0.962. The Morgan fingerprint density at radius 3 is 2.28 bits per heavy atom. The highest BCUT2D eigenvalue weighted by Gasteiger charge is 2.32. The van der Waals surface area contributed by atoms with Gasteiger partial charge >= 0.3 is 5.97 Å². The van der Waals surface area contributed by atoms with Gasteiger partial charge in [0.2, 0.25) is 11.8 Å². The van der Waals surface area contributed by atoms with Crippen LogP contribution >= 0.6 is 11.8 Å². The first kappa shape index (κ1) is 36.8. The number of thioether (sulfide) groups is 1. The number of unbranched alkanes of at least 4 members (excludes halogenated alkanes) is 2. The lowest BCUT2D eigenvalue weighted by molar-refractivity contribution is -0.245. The number of carboxylic acids is 1. The Hall–Kier alpha value is -4.48. The predicted molar refractivity (Wildman–Crippen MR) is 193 cm³/mol. The molecule has 0 aliphatic carbocycles. The van der Waals surface area contributed by atoms with Crippen molar-refractivity contribution in [2.24, 2.45) is 0 Å². The largest absolute Gasteiger partial charge is 0.478 e. The summed E-state index contributed by atoms with van der Waals surface area (Å²) in [5.41, 5.74) is 5.96. The van der Waals surface area contributed by atoms with Gasteiger partial charge in [-0.05, 0) is 52.8 Å². The summed E-state index contributed by atoms with van der Waals surface area (Å²) >= 11 is 1.46. The lowest BCUT2D eigenvalue weighted by Crippen LogP contribution is -2.31. The molecule has 1 fully saturated rings. The topological polar surface area (TPSA) is 134 Å². The number of carboxylic acid groups (broad SMARTS) is 1. The molecule has 10 heteroatoms. The van der Waals surface area contributed by atoms with Crippen LogP contribution in [0.25, 0.3) is 11.1 Å². The molecule has 4 aromatic carbocycles. The fourth-order valence-corrected chi connectivity index (χ4v) is 6.95. The van der Waals surface area contributed by atoms with Gasteiger partial charge in [0.15, 0.2) is 6.29 Å². The zero-order valence-electron chi connectivity index (χ0n) is 28.2. The van der Waals surface area contributed by atoms with Crippen LogP contribution in [0.4, 0.5) is 0 Å². The lowest BCUT2D eigenvalue weighted by Gasteiger charge is -2.36. The van der Waals surface area contributed by atoms with Crippen molar-refractivity contribution >= 4 is 29.5 Å². The molecule has 0 radical (unpaired) electrons. The van der Waals surface area contributed by atoms with E-state index < -0.39 is 12.3 Å². The normalized spacial score (nSPS) is 17.2. The maximum absolute atomic E-state index is 12.5. The Kier molecular flexibility index (Phi) is 13.6. The SMILES string of the molecule is CC(=O)NCCCCCC(=O)NCc1ccccc1-c1ccc([C@H]2O[C@@H](CSc3ccccc3C(=O)O)C[C@@H](c3ccc(CO)cc3)O2)cc1. The minimum Gasteiger partial charge on any atom is -0.478 e. The van der Waals surface area contributed by atoms with Crippen LogP contribution in [0.2, 0.25) is 0 Å². The number of hydrogen-bond acceptors (Lipinski definition) is 7. The van der Waals surface area contributed by atoms with Gasteiger partial charge in [-0.3, -0.25) is 9.59 Å². The van der Waals surface area contributed by atoms with Crippen molar-refractivity contribution in [2.75, 3.05) is 12.3 Å². The van der Waals surface area contributed by atoms with Gasteiger partial charge in [-0.25, -0.2) is 4.79 Å². The van der Waals surface area contributed by atoms with Crippen molar-refractivity contribution in [1.29, 1.82) is 0 Å². The molecule has 4 aromatic rings. The Labute approximate surface area is 297 Å². The van der Waals surface area contributed by atoms with Gasteiger partial charge in [0, 0.05) is 49.1 Å². The van der Waals surface area contributed by atoms with E-state index in [4.69, 9.17) is 9.47 Å². The summed E-state index contributed by atoms with van der Waals surface area (Å²) in [6, 6.07) is 30.8. The third-order valence-corrected chi connectivity index (χ3v) is 9.80. The lowest BCUT2D eigenvalue weighted by atomic mass is 9.97. The first-order chi connectivity index (χ1) is 24.3. The van der Waals surface area contributed by atoms with Crippen LogP contribution in [0.15, 0.2) is 102 Å². The predicted octanol–water partition coefficient (Wildman–Crippen LogP) is 7.19. The van der Waals surface area contributed by atoms with Crippen molar-refractivity contribution in [2.45, 2.75) is 75.6 Å². The second-order valence-electron chi connectivity index (χ2n) is 12.3. The molecule has 2 amide bonds. The number of rotatable bonds is 16. The van der Waals surface area contributed by atoms with Crippen LogP contribution in [0, 0.1) is 0 Å². The van der Waals surface area contributed by atoms with Crippen LogP contribution in [-0.4, -0.2) is 46.4 Å². The molecule has 50 heavy (non-hydrogen) atoms. The molecule has 3 atom stereocenters. The van der Waals surface area contributed by atoms with Crippen LogP contribution in [0.3, 0.4) is 0 Å². The monoisotopic (exact) mass is 696 g/mol. The molecular formula is C40H44N2O7S. The zero-order chi connectivity index (χ0) is 35.3. The van der Waals surface area contributed by atoms with E-state index in [-0.39, 0.29) is 36.2 Å². The van der Waals surface area contributed by atoms with Crippen LogP contribution in [0.5, 0.6) is 0 Å². The molecule has 1 saturated heterocycles. The molecule has 0 aromatic heterocycles. The highest BCUT2D eigenvalue weighted by atomic mass is 32.2. The van der Waals surface area contributed by atoms with Gasteiger partial charge < -0.3 is 30.3 Å². The van der Waals surface area contributed by atoms with Gasteiger partial charge in [0.25, 0.3) is 0 Å². The number of benzene rings is 4. The Balaban J connectivity index is 1.25. The second kappa shape index (κ2) is 18.5. The third kappa shape index (κ3) is 10.5. The Bertz CT molecular complexity index is 1730. The van der Waals surface area contributed by atoms with E-state index in [1.54, 1.807) is 12.1 Å². The van der Waals surface area contributed by atoms with E-state index in [0.29, 0.717) is 36.6 Å². The summed E-state index contributed by atoms with van der Waals surface area (Å²) in [7, 11) is 0. The standard InChI is InChI=1S/C40H44N2O7S/c1-27(44)41-22-8-2-3-13-38(45)42-24-32-9-4-5-10-34(32)29-18-20-31(21-19-29)40-48-33(26-50-37-12-7-6-11-35(37)39(46)47)23-36(49-40)30-16-14-28(25-43)15-17-30/h4-7,9-12,14-21,33,36,40,43H,2-3,8,13,22-26H2,1H3,(H,41,44)(H,42,45)(H,46,47)/t33-,36+,40+/m1/s1. The quantitative estimate of drug-likeness (QED) is 0.0715. The summed E-state index contributed by atoms with van der Waals surface area (Å²) in [5, 5.41) is 25.0. The average molecular weight is 697 g/mol. The molecule has 9 nitrogen and oxygen atoms in total. The van der Waals surface area contributed by atoms with Gasteiger partial charge in [-0.15, -0.1) is 11.8 Å². The summed E-state index contributed by atoms with van der Waals surface area (Å²) in [6.07, 6.45) is 2.40. The highest BCUT2D eigenvalue weighted by Crippen LogP contribution is 2.40. The Morgan fingerprint density at radius 2 is 1.54 bits per heavy atom. The molecule has 0 bridgehead atoms. The maximum atomic E-state index is 12.5. The molecule has 0 spiro atoms. The van der Waals surface area contributed by atoms with Crippen molar-refractivity contribution in [1.82, 2.24) is 10.6 Å².